The average molecular weight is 313 g/mol. The van der Waals surface area contributed by atoms with Crippen molar-refractivity contribution in [2.24, 2.45) is 24.8 Å². The largest absolute Gasteiger partial charge is 0.357 e. The van der Waals surface area contributed by atoms with E-state index in [9.17, 15) is 9.59 Å². The van der Waals surface area contributed by atoms with Crippen LogP contribution < -0.4 is 10.9 Å². The molecule has 2 aromatic rings. The highest BCUT2D eigenvalue weighted by atomic mass is 16.2. The zero-order valence-electron chi connectivity index (χ0n) is 13.6. The maximum atomic E-state index is 12.8. The van der Waals surface area contributed by atoms with Gasteiger partial charge in [0.25, 0.3) is 11.5 Å². The lowest BCUT2D eigenvalue weighted by molar-refractivity contribution is 0.0916. The summed E-state index contributed by atoms with van der Waals surface area (Å²) in [5.74, 6) is 2.17. The van der Waals surface area contributed by atoms with Gasteiger partial charge in [0.15, 0.2) is 0 Å². The zero-order chi connectivity index (χ0) is 16.1. The molecule has 1 amide bonds. The molecular formula is C18H23N3O2. The van der Waals surface area contributed by atoms with Crippen LogP contribution in [0.2, 0.25) is 0 Å². The van der Waals surface area contributed by atoms with E-state index in [2.05, 4.69) is 17.2 Å². The van der Waals surface area contributed by atoms with Gasteiger partial charge in [-0.3, -0.25) is 9.59 Å². The third-order valence-corrected chi connectivity index (χ3v) is 5.93. The summed E-state index contributed by atoms with van der Waals surface area (Å²) in [7, 11) is 1.68. The maximum Gasteiger partial charge on any atom is 0.274 e. The number of pyridine rings is 1. The number of H-pyrrole nitrogens is 1. The Hall–Kier alpha value is -2.04. The van der Waals surface area contributed by atoms with E-state index in [0.717, 1.165) is 11.8 Å². The maximum absolute atomic E-state index is 12.8. The van der Waals surface area contributed by atoms with Crippen molar-refractivity contribution < 1.29 is 4.79 Å². The lowest BCUT2D eigenvalue weighted by atomic mass is 9.84. The van der Waals surface area contributed by atoms with Crippen LogP contribution in [0.3, 0.4) is 0 Å². The minimum Gasteiger partial charge on any atom is -0.357 e. The first-order valence-corrected chi connectivity index (χ1v) is 8.52. The van der Waals surface area contributed by atoms with Crippen molar-refractivity contribution in [2.75, 3.05) is 0 Å². The summed E-state index contributed by atoms with van der Waals surface area (Å²) in [4.78, 5) is 27.8. The molecule has 0 aliphatic heterocycles. The minimum atomic E-state index is -0.109. The van der Waals surface area contributed by atoms with Crippen LogP contribution in [-0.4, -0.2) is 21.5 Å². The zero-order valence-corrected chi connectivity index (χ0v) is 13.6. The number of nitrogens with zero attached hydrogens (tertiary/aromatic N) is 1. The Kier molecular flexibility index (Phi) is 3.32. The predicted octanol–water partition coefficient (Wildman–Crippen LogP) is 2.42. The fourth-order valence-electron chi connectivity index (χ4n) is 4.75. The van der Waals surface area contributed by atoms with Crippen molar-refractivity contribution >= 4 is 16.8 Å². The average Bonchev–Trinajstić information content (AvgIpc) is 3.25. The van der Waals surface area contributed by atoms with Crippen LogP contribution in [0, 0.1) is 17.8 Å². The van der Waals surface area contributed by atoms with E-state index in [1.165, 1.54) is 30.3 Å². The van der Waals surface area contributed by atoms with Gasteiger partial charge in [-0.1, -0.05) is 6.42 Å². The highest BCUT2D eigenvalue weighted by Gasteiger charge is 2.42. The van der Waals surface area contributed by atoms with Crippen LogP contribution in [0.25, 0.3) is 10.9 Å². The summed E-state index contributed by atoms with van der Waals surface area (Å²) in [5, 5.41) is 3.88. The van der Waals surface area contributed by atoms with Gasteiger partial charge in [0.1, 0.15) is 5.52 Å². The van der Waals surface area contributed by atoms with Crippen molar-refractivity contribution in [1.29, 1.82) is 0 Å². The van der Waals surface area contributed by atoms with Crippen molar-refractivity contribution in [1.82, 2.24) is 14.9 Å². The van der Waals surface area contributed by atoms with E-state index in [-0.39, 0.29) is 17.5 Å². The molecule has 5 heteroatoms. The van der Waals surface area contributed by atoms with Crippen LogP contribution >= 0.6 is 0 Å². The Balaban J connectivity index is 1.59. The van der Waals surface area contributed by atoms with E-state index in [1.54, 1.807) is 25.5 Å². The van der Waals surface area contributed by atoms with Gasteiger partial charge in [-0.15, -0.1) is 0 Å². The first-order chi connectivity index (χ1) is 11.0. The third-order valence-electron chi connectivity index (χ3n) is 5.93. The minimum absolute atomic E-state index is 0.0829. The molecule has 0 radical (unpaired) electrons. The molecule has 122 valence electrons. The van der Waals surface area contributed by atoms with E-state index in [4.69, 9.17) is 0 Å². The first kappa shape index (κ1) is 14.5. The van der Waals surface area contributed by atoms with E-state index >= 15 is 0 Å². The Labute approximate surface area is 135 Å². The van der Waals surface area contributed by atoms with E-state index in [0.29, 0.717) is 22.4 Å². The number of amides is 1. The molecule has 5 nitrogen and oxygen atoms in total. The number of aromatic nitrogens is 2. The monoisotopic (exact) mass is 313 g/mol. The standard InChI is InChI=1S/C18H23N3O2/c1-10(14-8-11-3-4-12(14)7-11)20-17(22)15-9-21(2)18(23)16-13(15)5-6-19-16/h5-6,9-12,14,19H,3-4,7-8H2,1-2H3,(H,20,22)/t10?,11?,12-,14?/m1/s1. The summed E-state index contributed by atoms with van der Waals surface area (Å²) >= 11 is 0. The first-order valence-electron chi connectivity index (χ1n) is 8.52. The van der Waals surface area contributed by atoms with Crippen LogP contribution in [0.1, 0.15) is 43.0 Å². The van der Waals surface area contributed by atoms with Crippen LogP contribution in [0.5, 0.6) is 0 Å². The van der Waals surface area contributed by atoms with Gasteiger partial charge in [0, 0.05) is 30.9 Å². The number of rotatable bonds is 3. The van der Waals surface area contributed by atoms with Gasteiger partial charge < -0.3 is 14.9 Å². The van der Waals surface area contributed by atoms with Crippen molar-refractivity contribution in [3.63, 3.8) is 0 Å². The number of hydrogen-bond donors (Lipinski definition) is 2. The second kappa shape index (κ2) is 5.25. The highest BCUT2D eigenvalue weighted by molar-refractivity contribution is 6.06. The highest BCUT2D eigenvalue weighted by Crippen LogP contribution is 2.49. The summed E-state index contributed by atoms with van der Waals surface area (Å²) in [5.41, 5.74) is 0.953. The molecule has 3 unspecified atom stereocenters. The van der Waals surface area contributed by atoms with Gasteiger partial charge in [0.05, 0.1) is 5.56 Å². The van der Waals surface area contributed by atoms with Crippen LogP contribution in [0.4, 0.5) is 0 Å². The van der Waals surface area contributed by atoms with E-state index in [1.807, 2.05) is 0 Å². The summed E-state index contributed by atoms with van der Waals surface area (Å²) < 4.78 is 1.47. The van der Waals surface area contributed by atoms with Crippen molar-refractivity contribution in [3.8, 4) is 0 Å². The molecule has 2 fully saturated rings. The van der Waals surface area contributed by atoms with Gasteiger partial charge in [-0.2, -0.15) is 0 Å². The lowest BCUT2D eigenvalue weighted by Gasteiger charge is -2.28. The molecular weight excluding hydrogens is 290 g/mol. The number of nitrogens with one attached hydrogen (secondary N) is 2. The van der Waals surface area contributed by atoms with Crippen molar-refractivity contribution in [2.45, 2.75) is 38.6 Å². The van der Waals surface area contributed by atoms with Crippen LogP contribution in [0.15, 0.2) is 23.3 Å². The Bertz CT molecular complexity index is 819. The SMILES string of the molecule is CC(NC(=O)c1cn(C)c(=O)c2[nH]ccc12)C1CC2CC[C@@H]1C2. The molecule has 4 rings (SSSR count). The number of carbonyl (C=O) groups is 1. The number of aromatic amines is 1. The molecule has 2 heterocycles. The Morgan fingerprint density at radius 1 is 1.39 bits per heavy atom. The summed E-state index contributed by atoms with van der Waals surface area (Å²) in [6, 6.07) is 1.98. The quantitative estimate of drug-likeness (QED) is 0.914. The smallest absolute Gasteiger partial charge is 0.274 e. The molecule has 2 N–H and O–H groups in total. The third kappa shape index (κ3) is 2.30. The van der Waals surface area contributed by atoms with Gasteiger partial charge in [0.2, 0.25) is 0 Å². The molecule has 2 aromatic heterocycles. The van der Waals surface area contributed by atoms with Crippen LogP contribution in [-0.2, 0) is 7.05 Å². The topological polar surface area (TPSA) is 66.9 Å². The molecule has 2 bridgehead atoms. The summed E-state index contributed by atoms with van der Waals surface area (Å²) in [6.07, 6.45) is 8.62. The number of aryl methyl sites for hydroxylation is 1. The van der Waals surface area contributed by atoms with Crippen molar-refractivity contribution in [3.05, 3.63) is 34.4 Å². The molecule has 2 aliphatic carbocycles. The van der Waals surface area contributed by atoms with Gasteiger partial charge in [-0.05, 0) is 50.0 Å². The fourth-order valence-corrected chi connectivity index (χ4v) is 4.75. The van der Waals surface area contributed by atoms with Gasteiger partial charge in [-0.25, -0.2) is 0 Å². The molecule has 0 spiro atoms. The molecule has 4 atom stereocenters. The second-order valence-corrected chi connectivity index (χ2v) is 7.33. The molecule has 0 saturated heterocycles. The summed E-state index contributed by atoms with van der Waals surface area (Å²) in [6.45, 7) is 2.12. The Morgan fingerprint density at radius 2 is 2.22 bits per heavy atom. The van der Waals surface area contributed by atoms with E-state index < -0.39 is 0 Å². The molecule has 23 heavy (non-hydrogen) atoms. The normalized spacial score (nSPS) is 27.5. The molecule has 2 saturated carbocycles. The predicted molar refractivity (Wildman–Crippen MR) is 89.4 cm³/mol. The fraction of sp³-hybridized carbons (Fsp3) is 0.556. The van der Waals surface area contributed by atoms with Gasteiger partial charge >= 0.3 is 0 Å². The second-order valence-electron chi connectivity index (χ2n) is 7.33. The molecule has 2 aliphatic rings. The Morgan fingerprint density at radius 3 is 2.91 bits per heavy atom. The molecule has 0 aromatic carbocycles. The number of carbonyl (C=O) groups excluding carboxylic acids is 1. The number of hydrogen-bond acceptors (Lipinski definition) is 2. The lowest BCUT2D eigenvalue weighted by Crippen LogP contribution is -2.40. The number of fused-ring (bicyclic) bond motifs is 3.